The zero-order valence-corrected chi connectivity index (χ0v) is 16.4. The van der Waals surface area contributed by atoms with Crippen molar-refractivity contribution in [3.05, 3.63) is 34.9 Å². The number of rotatable bonds is 7. The van der Waals surface area contributed by atoms with Gasteiger partial charge in [-0.05, 0) is 50.3 Å². The van der Waals surface area contributed by atoms with Crippen LogP contribution in [0.3, 0.4) is 0 Å². The van der Waals surface area contributed by atoms with Gasteiger partial charge in [0.15, 0.2) is 0 Å². The fourth-order valence-electron chi connectivity index (χ4n) is 2.93. The van der Waals surface area contributed by atoms with Gasteiger partial charge in [0.05, 0.1) is 6.04 Å². The highest BCUT2D eigenvalue weighted by Crippen LogP contribution is 2.24. The van der Waals surface area contributed by atoms with E-state index in [1.165, 1.54) is 0 Å². The molecule has 4 amide bonds. The van der Waals surface area contributed by atoms with Crippen molar-refractivity contribution in [3.8, 4) is 0 Å². The molecule has 7 heteroatoms. The first-order chi connectivity index (χ1) is 12.1. The molecule has 1 aliphatic heterocycles. The summed E-state index contributed by atoms with van der Waals surface area (Å²) in [4.78, 5) is 38.1. The lowest BCUT2D eigenvalue weighted by atomic mass is 9.92. The standard InChI is InChI=1S/C19H26ClN3O3/c1-12(2)8-9-19(4)17(25)23(18(26)22-19)11-16(24)21-13(3)14-6-5-7-15(20)10-14/h5-7,10,12-13H,8-9,11H2,1-4H3,(H,21,24)(H,22,26). The zero-order valence-electron chi connectivity index (χ0n) is 15.6. The summed E-state index contributed by atoms with van der Waals surface area (Å²) in [6.07, 6.45) is 1.36. The summed E-state index contributed by atoms with van der Waals surface area (Å²) in [5.41, 5.74) is -0.0926. The van der Waals surface area contributed by atoms with E-state index in [1.807, 2.05) is 13.0 Å². The lowest BCUT2D eigenvalue weighted by Gasteiger charge is -2.22. The van der Waals surface area contributed by atoms with Gasteiger partial charge in [0, 0.05) is 5.02 Å². The second kappa shape index (κ2) is 8.08. The quantitative estimate of drug-likeness (QED) is 0.713. The maximum absolute atomic E-state index is 12.6. The third kappa shape index (κ3) is 4.75. The number of nitrogens with one attached hydrogen (secondary N) is 2. The highest BCUT2D eigenvalue weighted by atomic mass is 35.5. The molecule has 142 valence electrons. The Balaban J connectivity index is 1.98. The van der Waals surface area contributed by atoms with Crippen LogP contribution in [0.5, 0.6) is 0 Å². The molecule has 0 aromatic heterocycles. The second-order valence-electron chi connectivity index (χ2n) is 7.43. The molecule has 1 aromatic rings. The van der Waals surface area contributed by atoms with E-state index in [0.717, 1.165) is 16.9 Å². The minimum atomic E-state index is -0.944. The molecule has 0 aliphatic carbocycles. The van der Waals surface area contributed by atoms with Crippen LogP contribution in [0.4, 0.5) is 4.79 Å². The predicted molar refractivity (Wildman–Crippen MR) is 101 cm³/mol. The number of amides is 4. The van der Waals surface area contributed by atoms with Crippen LogP contribution in [0.2, 0.25) is 5.02 Å². The van der Waals surface area contributed by atoms with E-state index >= 15 is 0 Å². The number of halogens is 1. The van der Waals surface area contributed by atoms with Crippen molar-refractivity contribution in [1.82, 2.24) is 15.5 Å². The Hall–Kier alpha value is -2.08. The van der Waals surface area contributed by atoms with Crippen molar-refractivity contribution in [3.63, 3.8) is 0 Å². The molecule has 26 heavy (non-hydrogen) atoms. The molecule has 2 N–H and O–H groups in total. The van der Waals surface area contributed by atoms with Gasteiger partial charge in [-0.2, -0.15) is 0 Å². The van der Waals surface area contributed by atoms with Gasteiger partial charge >= 0.3 is 6.03 Å². The van der Waals surface area contributed by atoms with E-state index < -0.39 is 17.5 Å². The lowest BCUT2D eigenvalue weighted by molar-refractivity contribution is -0.135. The Morgan fingerprint density at radius 3 is 2.62 bits per heavy atom. The van der Waals surface area contributed by atoms with Gasteiger partial charge in [-0.25, -0.2) is 4.79 Å². The minimum Gasteiger partial charge on any atom is -0.348 e. The van der Waals surface area contributed by atoms with Crippen molar-refractivity contribution < 1.29 is 14.4 Å². The molecule has 2 atom stereocenters. The molecule has 2 unspecified atom stereocenters. The average Bonchev–Trinajstić information content (AvgIpc) is 2.77. The summed E-state index contributed by atoms with van der Waals surface area (Å²) in [5.74, 6) is -0.324. The molecule has 1 saturated heterocycles. The van der Waals surface area contributed by atoms with E-state index in [4.69, 9.17) is 11.6 Å². The highest BCUT2D eigenvalue weighted by molar-refractivity contribution is 6.30. The summed E-state index contributed by atoms with van der Waals surface area (Å²) >= 11 is 5.97. The molecule has 1 aliphatic rings. The number of benzene rings is 1. The number of carbonyl (C=O) groups is 3. The maximum atomic E-state index is 12.6. The van der Waals surface area contributed by atoms with E-state index in [-0.39, 0.29) is 18.5 Å². The van der Waals surface area contributed by atoms with Crippen LogP contribution in [0, 0.1) is 5.92 Å². The molecule has 1 aromatic carbocycles. The zero-order chi connectivity index (χ0) is 19.5. The summed E-state index contributed by atoms with van der Waals surface area (Å²) in [6.45, 7) is 7.36. The van der Waals surface area contributed by atoms with Crippen LogP contribution in [0.1, 0.15) is 52.1 Å². The molecule has 0 saturated carbocycles. The largest absolute Gasteiger partial charge is 0.348 e. The molecule has 1 heterocycles. The fraction of sp³-hybridized carbons (Fsp3) is 0.526. The van der Waals surface area contributed by atoms with Crippen molar-refractivity contribution in [2.45, 2.75) is 52.1 Å². The Morgan fingerprint density at radius 1 is 1.31 bits per heavy atom. The highest BCUT2D eigenvalue weighted by Gasteiger charge is 2.47. The molecule has 2 rings (SSSR count). The number of hydrogen-bond donors (Lipinski definition) is 2. The van der Waals surface area contributed by atoms with Crippen LogP contribution in [0.25, 0.3) is 0 Å². The first kappa shape index (κ1) is 20.2. The second-order valence-corrected chi connectivity index (χ2v) is 7.87. The third-order valence-corrected chi connectivity index (χ3v) is 4.83. The molecule has 6 nitrogen and oxygen atoms in total. The molecule has 0 spiro atoms. The van der Waals surface area contributed by atoms with Gasteiger partial charge in [-0.1, -0.05) is 37.6 Å². The Kier molecular flexibility index (Phi) is 6.29. The van der Waals surface area contributed by atoms with Crippen molar-refractivity contribution in [2.75, 3.05) is 6.54 Å². The topological polar surface area (TPSA) is 78.5 Å². The van der Waals surface area contributed by atoms with Gasteiger partial charge in [0.25, 0.3) is 5.91 Å². The molecule has 1 fully saturated rings. The van der Waals surface area contributed by atoms with Crippen LogP contribution in [0.15, 0.2) is 24.3 Å². The lowest BCUT2D eigenvalue weighted by Crippen LogP contribution is -2.45. The normalized spacial score (nSPS) is 21.1. The first-order valence-electron chi connectivity index (χ1n) is 8.81. The molecular formula is C19H26ClN3O3. The number of hydrogen-bond acceptors (Lipinski definition) is 3. The average molecular weight is 380 g/mol. The van der Waals surface area contributed by atoms with E-state index in [1.54, 1.807) is 25.1 Å². The van der Waals surface area contributed by atoms with Gasteiger partial charge < -0.3 is 10.6 Å². The Morgan fingerprint density at radius 2 is 2.00 bits per heavy atom. The minimum absolute atomic E-state index is 0.283. The molecule has 0 radical (unpaired) electrons. The number of nitrogens with zero attached hydrogens (tertiary/aromatic N) is 1. The first-order valence-corrected chi connectivity index (χ1v) is 9.19. The predicted octanol–water partition coefficient (Wildman–Crippen LogP) is 3.26. The fourth-order valence-corrected chi connectivity index (χ4v) is 3.13. The smallest absolute Gasteiger partial charge is 0.325 e. The summed E-state index contributed by atoms with van der Waals surface area (Å²) in [7, 11) is 0. The van der Waals surface area contributed by atoms with Gasteiger partial charge in [-0.15, -0.1) is 0 Å². The van der Waals surface area contributed by atoms with Gasteiger partial charge in [0.2, 0.25) is 5.91 Å². The van der Waals surface area contributed by atoms with E-state index in [0.29, 0.717) is 17.4 Å². The van der Waals surface area contributed by atoms with Gasteiger partial charge in [0.1, 0.15) is 12.1 Å². The maximum Gasteiger partial charge on any atom is 0.325 e. The Bertz CT molecular complexity index is 707. The monoisotopic (exact) mass is 379 g/mol. The summed E-state index contributed by atoms with van der Waals surface area (Å²) in [6, 6.07) is 6.38. The molecular weight excluding hydrogens is 354 g/mol. The third-order valence-electron chi connectivity index (χ3n) is 4.59. The van der Waals surface area contributed by atoms with Crippen LogP contribution in [-0.4, -0.2) is 34.8 Å². The van der Waals surface area contributed by atoms with Gasteiger partial charge in [-0.3, -0.25) is 14.5 Å². The van der Waals surface area contributed by atoms with Crippen LogP contribution >= 0.6 is 11.6 Å². The van der Waals surface area contributed by atoms with Crippen molar-refractivity contribution in [2.24, 2.45) is 5.92 Å². The summed E-state index contributed by atoms with van der Waals surface area (Å²) in [5, 5.41) is 6.10. The molecule has 0 bridgehead atoms. The summed E-state index contributed by atoms with van der Waals surface area (Å²) < 4.78 is 0. The number of imide groups is 1. The SMILES string of the molecule is CC(C)CCC1(C)NC(=O)N(CC(=O)NC(C)c2cccc(Cl)c2)C1=O. The van der Waals surface area contributed by atoms with E-state index in [2.05, 4.69) is 24.5 Å². The van der Waals surface area contributed by atoms with Crippen molar-refractivity contribution in [1.29, 1.82) is 0 Å². The van der Waals surface area contributed by atoms with Crippen molar-refractivity contribution >= 4 is 29.4 Å². The van der Waals surface area contributed by atoms with Crippen LogP contribution in [-0.2, 0) is 9.59 Å². The number of urea groups is 1. The number of carbonyl (C=O) groups excluding carboxylic acids is 3. The van der Waals surface area contributed by atoms with E-state index in [9.17, 15) is 14.4 Å². The van der Waals surface area contributed by atoms with Crippen LogP contribution < -0.4 is 10.6 Å². The Labute approximate surface area is 159 Å².